The van der Waals surface area contributed by atoms with E-state index in [1.807, 2.05) is 0 Å². The van der Waals surface area contributed by atoms with Gasteiger partial charge in [-0.25, -0.2) is 0 Å². The van der Waals surface area contributed by atoms with Crippen molar-refractivity contribution in [2.75, 3.05) is 0 Å². The van der Waals surface area contributed by atoms with Crippen molar-refractivity contribution < 1.29 is 19.4 Å². The van der Waals surface area contributed by atoms with Crippen LogP contribution in [0.25, 0.3) is 11.1 Å². The summed E-state index contributed by atoms with van der Waals surface area (Å²) in [5.74, 6) is 13.3. The van der Waals surface area contributed by atoms with E-state index in [0.29, 0.717) is 0 Å². The Bertz CT molecular complexity index is 1040. The first kappa shape index (κ1) is 21.7. The fourth-order valence-electron chi connectivity index (χ4n) is 3.19. The van der Waals surface area contributed by atoms with E-state index in [2.05, 4.69) is 95.6 Å². The number of fused-ring (bicyclic) bond motifs is 3. The van der Waals surface area contributed by atoms with Crippen molar-refractivity contribution in [2.24, 2.45) is 10.8 Å². The molecule has 1 aliphatic rings. The van der Waals surface area contributed by atoms with E-state index in [-0.39, 0.29) is 10.8 Å². The molecule has 0 radical (unpaired) electrons. The second-order valence-electron chi connectivity index (χ2n) is 9.32. The summed E-state index contributed by atoms with van der Waals surface area (Å²) >= 11 is -2.67. The van der Waals surface area contributed by atoms with Crippen LogP contribution in [0.2, 0.25) is 0 Å². The predicted octanol–water partition coefficient (Wildman–Crippen LogP) is 6.60. The second-order valence-corrected chi connectivity index (χ2v) is 17.4. The Balaban J connectivity index is 2.07. The van der Waals surface area contributed by atoms with Crippen molar-refractivity contribution >= 4 is 20.3 Å². The molecule has 3 rings (SSSR count). The number of hydrogen-bond donors (Lipinski definition) is 0. The van der Waals surface area contributed by atoms with Crippen LogP contribution in [-0.4, -0.2) is 0 Å². The first-order valence-electron chi connectivity index (χ1n) is 9.48. The van der Waals surface area contributed by atoms with E-state index in [0.717, 1.165) is 20.8 Å². The Morgan fingerprint density at radius 3 is 2.04 bits per heavy atom. The Morgan fingerprint density at radius 2 is 1.43 bits per heavy atom. The molecule has 0 nitrogen and oxygen atoms in total. The van der Waals surface area contributed by atoms with Crippen molar-refractivity contribution in [2.45, 2.75) is 48.0 Å². The Hall–Kier alpha value is -0.977. The Kier molecular flexibility index (Phi) is 6.24. The molecule has 0 fully saturated rings. The van der Waals surface area contributed by atoms with Crippen LogP contribution >= 0.6 is 17.0 Å². The topological polar surface area (TPSA) is 0 Å². The fourth-order valence-corrected chi connectivity index (χ4v) is 7.71. The standard InChI is InChI=1S/C25H25.2ClH.Zr/c1-24(2,3)13-11-18-7-9-22-20(15-18)17-21-16-19(8-10-23(21)22)12-14-25(4,5)6;;;/h7-10,15H,17H2,1-6H3;2*1H;/q;;;+2/p-2. The maximum atomic E-state index is 6.59. The summed E-state index contributed by atoms with van der Waals surface area (Å²) in [6, 6.07) is 10.8. The van der Waals surface area contributed by atoms with Gasteiger partial charge in [0.15, 0.2) is 0 Å². The Labute approximate surface area is 184 Å². The van der Waals surface area contributed by atoms with Crippen molar-refractivity contribution in [3.63, 3.8) is 0 Å². The van der Waals surface area contributed by atoms with Crippen LogP contribution in [0, 0.1) is 34.5 Å². The number of rotatable bonds is 1. The summed E-state index contributed by atoms with van der Waals surface area (Å²) in [5, 5.41) is 0. The van der Waals surface area contributed by atoms with Crippen LogP contribution < -0.4 is 3.27 Å². The molecule has 3 heteroatoms. The summed E-state index contributed by atoms with van der Waals surface area (Å²) in [6.07, 6.45) is 0.861. The average Bonchev–Trinajstić information content (AvgIpc) is 2.93. The number of halogens is 2. The van der Waals surface area contributed by atoms with Gasteiger partial charge in [-0.3, -0.25) is 0 Å². The van der Waals surface area contributed by atoms with Crippen molar-refractivity contribution in [1.82, 2.24) is 0 Å². The van der Waals surface area contributed by atoms with Gasteiger partial charge in [0.25, 0.3) is 0 Å². The summed E-state index contributed by atoms with van der Waals surface area (Å²) < 4.78 is 1.14. The maximum absolute atomic E-state index is 6.59. The SMILES string of the molecule is CC(C)(C)C#Cc1ccc2c(c1)Cc1c-2ccc(C#CC(C)(C)C)[c]1[Zr]([Cl])[Cl]. The van der Waals surface area contributed by atoms with E-state index in [1.54, 1.807) is 0 Å². The van der Waals surface area contributed by atoms with Crippen molar-refractivity contribution in [1.29, 1.82) is 0 Å². The molecule has 143 valence electrons. The molecule has 0 heterocycles. The van der Waals surface area contributed by atoms with E-state index < -0.39 is 19.4 Å². The van der Waals surface area contributed by atoms with E-state index in [1.165, 1.54) is 22.3 Å². The predicted molar refractivity (Wildman–Crippen MR) is 119 cm³/mol. The molecule has 0 aromatic heterocycles. The molecule has 0 unspecified atom stereocenters. The third-order valence-electron chi connectivity index (χ3n) is 4.42. The Morgan fingerprint density at radius 1 is 0.821 bits per heavy atom. The van der Waals surface area contributed by atoms with Crippen LogP contribution in [0.15, 0.2) is 30.3 Å². The molecule has 2 aromatic rings. The average molecular weight is 488 g/mol. The van der Waals surface area contributed by atoms with Crippen LogP contribution in [0.1, 0.15) is 63.8 Å². The third-order valence-corrected chi connectivity index (χ3v) is 8.99. The molecule has 28 heavy (non-hydrogen) atoms. The minimum absolute atomic E-state index is 0.00578. The van der Waals surface area contributed by atoms with Gasteiger partial charge in [-0.1, -0.05) is 0 Å². The van der Waals surface area contributed by atoms with Gasteiger partial charge in [-0.05, 0) is 0 Å². The molecule has 0 N–H and O–H groups in total. The summed E-state index contributed by atoms with van der Waals surface area (Å²) in [4.78, 5) is 0. The fraction of sp³-hybridized carbons (Fsp3) is 0.360. The van der Waals surface area contributed by atoms with Gasteiger partial charge in [-0.15, -0.1) is 0 Å². The molecule has 1 aliphatic carbocycles. The molecular formula is C25H25Cl2Zr. The number of hydrogen-bond acceptors (Lipinski definition) is 0. The van der Waals surface area contributed by atoms with Gasteiger partial charge in [0.2, 0.25) is 0 Å². The second kappa shape index (κ2) is 8.04. The molecule has 0 spiro atoms. The van der Waals surface area contributed by atoms with Crippen LogP contribution in [0.5, 0.6) is 0 Å². The molecule has 0 amide bonds. The molecule has 0 atom stereocenters. The molecule has 0 aliphatic heterocycles. The van der Waals surface area contributed by atoms with Gasteiger partial charge in [0, 0.05) is 0 Å². The quantitative estimate of drug-likeness (QED) is 0.339. The van der Waals surface area contributed by atoms with E-state index >= 15 is 0 Å². The summed E-state index contributed by atoms with van der Waals surface area (Å²) in [5.41, 5.74) is 7.11. The van der Waals surface area contributed by atoms with Crippen LogP contribution in [0.3, 0.4) is 0 Å². The monoisotopic (exact) mass is 485 g/mol. The molecule has 0 bridgehead atoms. The molecular weight excluding hydrogens is 462 g/mol. The summed E-state index contributed by atoms with van der Waals surface area (Å²) in [6.45, 7) is 12.7. The van der Waals surface area contributed by atoms with E-state index in [9.17, 15) is 0 Å². The zero-order valence-corrected chi connectivity index (χ0v) is 21.3. The minimum atomic E-state index is -2.67. The molecule has 0 saturated heterocycles. The number of benzene rings is 2. The van der Waals surface area contributed by atoms with E-state index in [4.69, 9.17) is 17.0 Å². The van der Waals surface area contributed by atoms with Crippen LogP contribution in [0.4, 0.5) is 0 Å². The van der Waals surface area contributed by atoms with Crippen molar-refractivity contribution in [3.05, 3.63) is 52.6 Å². The van der Waals surface area contributed by atoms with Gasteiger partial charge in [0.1, 0.15) is 0 Å². The first-order chi connectivity index (χ1) is 12.9. The summed E-state index contributed by atoms with van der Waals surface area (Å²) in [7, 11) is 13.2. The van der Waals surface area contributed by atoms with Gasteiger partial charge in [-0.2, -0.15) is 0 Å². The van der Waals surface area contributed by atoms with Crippen molar-refractivity contribution in [3.8, 4) is 34.8 Å². The van der Waals surface area contributed by atoms with Gasteiger partial charge >= 0.3 is 186 Å². The zero-order valence-electron chi connectivity index (χ0n) is 17.3. The third kappa shape index (κ3) is 5.14. The first-order valence-corrected chi connectivity index (χ1v) is 17.0. The zero-order chi connectivity index (χ0) is 20.7. The van der Waals surface area contributed by atoms with Crippen LogP contribution in [-0.2, 0) is 25.8 Å². The molecule has 2 aromatic carbocycles. The molecule has 0 saturated carbocycles. The van der Waals surface area contributed by atoms with Gasteiger partial charge < -0.3 is 0 Å². The normalized spacial score (nSPS) is 12.3. The van der Waals surface area contributed by atoms with Gasteiger partial charge in [0.05, 0.1) is 0 Å².